The molecule has 0 aliphatic carbocycles. The van der Waals surface area contributed by atoms with Crippen LogP contribution in [0.15, 0.2) is 73.2 Å². The van der Waals surface area contributed by atoms with E-state index in [9.17, 15) is 9.90 Å². The van der Waals surface area contributed by atoms with Crippen LogP contribution in [-0.2, 0) is 13.0 Å². The Kier molecular flexibility index (Phi) is 8.67. The Labute approximate surface area is 242 Å². The van der Waals surface area contributed by atoms with Gasteiger partial charge in [-0.1, -0.05) is 76.1 Å². The van der Waals surface area contributed by atoms with Gasteiger partial charge in [-0.3, -0.25) is 0 Å². The van der Waals surface area contributed by atoms with E-state index in [0.29, 0.717) is 18.2 Å². The predicted octanol–water partition coefficient (Wildman–Crippen LogP) is 8.72. The van der Waals surface area contributed by atoms with Crippen LogP contribution in [0.5, 0.6) is 0 Å². The first kappa shape index (κ1) is 28.3. The topological polar surface area (TPSA) is 72.9 Å². The fourth-order valence-electron chi connectivity index (χ4n) is 5.87. The molecule has 0 unspecified atom stereocenters. The van der Waals surface area contributed by atoms with E-state index in [1.54, 1.807) is 12.1 Å². The van der Waals surface area contributed by atoms with E-state index in [1.165, 1.54) is 0 Å². The van der Waals surface area contributed by atoms with Crippen LogP contribution in [0.3, 0.4) is 0 Å². The molecule has 5 rings (SSSR count). The summed E-state index contributed by atoms with van der Waals surface area (Å²) in [7, 11) is 0. The molecular formula is C35H40N4O2. The van der Waals surface area contributed by atoms with E-state index in [0.717, 1.165) is 88.9 Å². The van der Waals surface area contributed by atoms with Crippen LogP contribution in [0.25, 0.3) is 33.4 Å². The van der Waals surface area contributed by atoms with Crippen molar-refractivity contribution >= 4 is 17.0 Å². The molecule has 2 aromatic heterocycles. The van der Waals surface area contributed by atoms with Gasteiger partial charge in [0.2, 0.25) is 0 Å². The molecule has 1 N–H and O–H groups in total. The number of aromatic nitrogens is 4. The second kappa shape index (κ2) is 12.5. The second-order valence-electron chi connectivity index (χ2n) is 11.0. The van der Waals surface area contributed by atoms with Crippen LogP contribution in [0.2, 0.25) is 0 Å². The Morgan fingerprint density at radius 2 is 1.66 bits per heavy atom. The molecule has 6 nitrogen and oxygen atoms in total. The Hall–Kier alpha value is -4.19. The fraction of sp³-hybridized carbons (Fsp3) is 0.343. The van der Waals surface area contributed by atoms with Crippen molar-refractivity contribution in [2.45, 2.75) is 78.8 Å². The third-order valence-corrected chi connectivity index (χ3v) is 7.92. The molecule has 0 saturated carbocycles. The second-order valence-corrected chi connectivity index (χ2v) is 11.0. The Bertz CT molecular complexity index is 1640. The number of fused-ring (bicyclic) bond motifs is 1. The quantitative estimate of drug-likeness (QED) is 0.169. The molecular weight excluding hydrogens is 508 g/mol. The van der Waals surface area contributed by atoms with Crippen molar-refractivity contribution in [3.05, 3.63) is 95.7 Å². The lowest BCUT2D eigenvalue weighted by Gasteiger charge is -2.16. The molecule has 0 amide bonds. The Morgan fingerprint density at radius 1 is 0.927 bits per heavy atom. The summed E-state index contributed by atoms with van der Waals surface area (Å²) in [5.41, 5.74) is 8.52. The van der Waals surface area contributed by atoms with Crippen LogP contribution in [-0.4, -0.2) is 30.2 Å². The normalized spacial score (nSPS) is 11.5. The third-order valence-electron chi connectivity index (χ3n) is 7.92. The Morgan fingerprint density at radius 3 is 2.34 bits per heavy atom. The number of aromatic carboxylic acids is 1. The van der Waals surface area contributed by atoms with E-state index < -0.39 is 5.97 Å². The molecule has 0 aliphatic rings. The van der Waals surface area contributed by atoms with Gasteiger partial charge in [-0.25, -0.2) is 14.8 Å². The van der Waals surface area contributed by atoms with E-state index in [-0.39, 0.29) is 0 Å². The van der Waals surface area contributed by atoms with Crippen molar-refractivity contribution in [2.75, 3.05) is 0 Å². The van der Waals surface area contributed by atoms with Gasteiger partial charge in [0, 0.05) is 30.8 Å². The van der Waals surface area contributed by atoms with Crippen molar-refractivity contribution in [3.63, 3.8) is 0 Å². The highest BCUT2D eigenvalue weighted by molar-refractivity contribution is 5.96. The highest BCUT2D eigenvalue weighted by Gasteiger charge is 2.17. The molecule has 0 atom stereocenters. The molecule has 41 heavy (non-hydrogen) atoms. The fourth-order valence-corrected chi connectivity index (χ4v) is 5.87. The van der Waals surface area contributed by atoms with E-state index >= 15 is 0 Å². The average Bonchev–Trinajstić information content (AvgIpc) is 3.60. The molecule has 0 bridgehead atoms. The summed E-state index contributed by atoms with van der Waals surface area (Å²) in [4.78, 5) is 21.6. The zero-order chi connectivity index (χ0) is 28.9. The number of carboxylic acid groups (broad SMARTS) is 1. The molecule has 0 fully saturated rings. The number of aryl methyl sites for hydroxylation is 2. The minimum atomic E-state index is -0.916. The molecule has 0 radical (unpaired) electrons. The molecule has 3 aromatic carbocycles. The van der Waals surface area contributed by atoms with Crippen molar-refractivity contribution in [2.24, 2.45) is 0 Å². The summed E-state index contributed by atoms with van der Waals surface area (Å²) in [5, 5.41) is 9.62. The molecule has 212 valence electrons. The summed E-state index contributed by atoms with van der Waals surface area (Å²) in [6, 6.07) is 20.3. The molecule has 2 heterocycles. The number of imidazole rings is 2. The van der Waals surface area contributed by atoms with Crippen LogP contribution in [0, 0.1) is 6.92 Å². The molecule has 0 saturated heterocycles. The standard InChI is InChI=1S/C35H40N4O2/c1-5-10-28(11-6-2)38-22-31(36-23-38)27-19-24(4)34-32(20-27)39(33(37-34)12-7-3)21-25-15-17-26(18-16-25)29-13-8-9-14-30(29)35(40)41/h8-9,13-20,22-23,28H,5-7,10-12,21H2,1-4H3,(H,40,41). The molecule has 0 spiro atoms. The van der Waals surface area contributed by atoms with Crippen molar-refractivity contribution in [1.29, 1.82) is 0 Å². The van der Waals surface area contributed by atoms with Gasteiger partial charge in [-0.2, -0.15) is 0 Å². The maximum absolute atomic E-state index is 11.7. The third kappa shape index (κ3) is 5.97. The van der Waals surface area contributed by atoms with Gasteiger partial charge in [-0.15, -0.1) is 0 Å². The highest BCUT2D eigenvalue weighted by Crippen LogP contribution is 2.31. The first-order valence-corrected chi connectivity index (χ1v) is 14.9. The van der Waals surface area contributed by atoms with Crippen LogP contribution in [0.1, 0.15) is 86.2 Å². The van der Waals surface area contributed by atoms with Gasteiger partial charge in [0.15, 0.2) is 0 Å². The van der Waals surface area contributed by atoms with Crippen LogP contribution in [0.4, 0.5) is 0 Å². The largest absolute Gasteiger partial charge is 0.478 e. The van der Waals surface area contributed by atoms with Gasteiger partial charge in [0.25, 0.3) is 0 Å². The van der Waals surface area contributed by atoms with Crippen LogP contribution >= 0.6 is 0 Å². The zero-order valence-corrected chi connectivity index (χ0v) is 24.6. The minimum absolute atomic E-state index is 0.312. The Balaban J connectivity index is 1.50. The molecule has 0 aliphatic heterocycles. The summed E-state index contributed by atoms with van der Waals surface area (Å²) < 4.78 is 4.63. The van der Waals surface area contributed by atoms with Gasteiger partial charge in [0.1, 0.15) is 5.82 Å². The van der Waals surface area contributed by atoms with Crippen molar-refractivity contribution < 1.29 is 9.90 Å². The van der Waals surface area contributed by atoms with Crippen molar-refractivity contribution in [1.82, 2.24) is 19.1 Å². The first-order valence-electron chi connectivity index (χ1n) is 14.9. The number of benzene rings is 3. The lowest BCUT2D eigenvalue weighted by atomic mass is 9.98. The monoisotopic (exact) mass is 548 g/mol. The van der Waals surface area contributed by atoms with E-state index in [4.69, 9.17) is 9.97 Å². The van der Waals surface area contributed by atoms with Gasteiger partial charge >= 0.3 is 5.97 Å². The van der Waals surface area contributed by atoms with Crippen molar-refractivity contribution in [3.8, 4) is 22.4 Å². The van der Waals surface area contributed by atoms with Gasteiger partial charge in [-0.05, 0) is 66.6 Å². The maximum Gasteiger partial charge on any atom is 0.336 e. The number of nitrogens with zero attached hydrogens (tertiary/aromatic N) is 4. The number of carboxylic acids is 1. The van der Waals surface area contributed by atoms with Crippen LogP contribution < -0.4 is 0 Å². The summed E-state index contributed by atoms with van der Waals surface area (Å²) in [6.45, 7) is 9.51. The van der Waals surface area contributed by atoms with Gasteiger partial charge in [0.05, 0.1) is 28.6 Å². The van der Waals surface area contributed by atoms with Gasteiger partial charge < -0.3 is 14.2 Å². The lowest BCUT2D eigenvalue weighted by molar-refractivity contribution is 0.0697. The number of hydrogen-bond donors (Lipinski definition) is 1. The predicted molar refractivity (Wildman–Crippen MR) is 166 cm³/mol. The number of hydrogen-bond acceptors (Lipinski definition) is 3. The lowest BCUT2D eigenvalue weighted by Crippen LogP contribution is -2.06. The maximum atomic E-state index is 11.7. The average molecular weight is 549 g/mol. The molecule has 5 aromatic rings. The summed E-state index contributed by atoms with van der Waals surface area (Å²) >= 11 is 0. The number of carbonyl (C=O) groups is 1. The van der Waals surface area contributed by atoms with E-state index in [2.05, 4.69) is 67.3 Å². The number of rotatable bonds is 12. The first-order chi connectivity index (χ1) is 19.9. The molecule has 6 heteroatoms. The SMILES string of the molecule is CCCc1nc2c(C)cc(-c3cn(C(CCC)CCC)cn3)cc2n1Cc1ccc(-c2ccccc2C(=O)O)cc1. The zero-order valence-electron chi connectivity index (χ0n) is 24.6. The summed E-state index contributed by atoms with van der Waals surface area (Å²) in [5.74, 6) is 0.167. The minimum Gasteiger partial charge on any atom is -0.478 e. The smallest absolute Gasteiger partial charge is 0.336 e. The highest BCUT2D eigenvalue weighted by atomic mass is 16.4. The summed E-state index contributed by atoms with van der Waals surface area (Å²) in [6.07, 6.45) is 10.8. The van der Waals surface area contributed by atoms with E-state index in [1.807, 2.05) is 30.6 Å².